The predicted molar refractivity (Wildman–Crippen MR) is 70.5 cm³/mol. The fourth-order valence-corrected chi connectivity index (χ4v) is 2.38. The molecule has 0 N–H and O–H groups in total. The molecule has 0 amide bonds. The van der Waals surface area contributed by atoms with Gasteiger partial charge in [0.2, 0.25) is 0 Å². The topological polar surface area (TPSA) is 0 Å². The summed E-state index contributed by atoms with van der Waals surface area (Å²) in [4.78, 5) is 0. The minimum atomic E-state index is 0.835. The number of fused-ring (bicyclic) bond motifs is 2. The Hall–Kier alpha value is -1.82. The van der Waals surface area contributed by atoms with Gasteiger partial charge in [-0.25, -0.2) is 0 Å². The molecule has 0 aromatic heterocycles. The summed E-state index contributed by atoms with van der Waals surface area (Å²) < 4.78 is 0. The fraction of sp³-hybridized carbons (Fsp3) is 0.0625. The Morgan fingerprint density at radius 3 is 1.75 bits per heavy atom. The zero-order valence-electron chi connectivity index (χ0n) is 9.11. The van der Waals surface area contributed by atoms with Crippen LogP contribution in [-0.4, -0.2) is 0 Å². The molecule has 0 aliphatic heterocycles. The van der Waals surface area contributed by atoms with E-state index < -0.39 is 0 Å². The lowest BCUT2D eigenvalue weighted by molar-refractivity contribution is 1.33. The average molecular weight is 205 g/mol. The largest absolute Gasteiger partial charge is 0.0616 e. The molecular formula is C16H13. The summed E-state index contributed by atoms with van der Waals surface area (Å²) in [7, 11) is 0. The van der Waals surface area contributed by atoms with Crippen LogP contribution in [-0.2, 0) is 6.42 Å². The Morgan fingerprint density at radius 2 is 1.25 bits per heavy atom. The van der Waals surface area contributed by atoms with Gasteiger partial charge < -0.3 is 0 Å². The fourth-order valence-electron chi connectivity index (χ4n) is 2.38. The summed E-state index contributed by atoms with van der Waals surface area (Å²) in [6, 6.07) is 19.3. The minimum Gasteiger partial charge on any atom is -0.0616 e. The molecule has 77 valence electrons. The summed E-state index contributed by atoms with van der Waals surface area (Å²) in [5.74, 6) is 0. The van der Waals surface area contributed by atoms with Gasteiger partial charge in [0.25, 0.3) is 0 Å². The molecule has 1 radical (unpaired) electrons. The molecule has 16 heavy (non-hydrogen) atoms. The van der Waals surface area contributed by atoms with Gasteiger partial charge in [0.05, 0.1) is 0 Å². The van der Waals surface area contributed by atoms with Gasteiger partial charge in [0.1, 0.15) is 0 Å². The maximum atomic E-state index is 4.06. The van der Waals surface area contributed by atoms with Crippen molar-refractivity contribution < 1.29 is 0 Å². The summed E-state index contributed by atoms with van der Waals surface area (Å²) >= 11 is 0. The summed E-state index contributed by atoms with van der Waals surface area (Å²) in [5.41, 5.74) is 1.36. The second-order valence-electron chi connectivity index (χ2n) is 4.05. The maximum Gasteiger partial charge on any atom is -0.0146 e. The zero-order valence-corrected chi connectivity index (χ0v) is 9.11. The molecule has 3 aromatic rings. The predicted octanol–water partition coefficient (Wildman–Crippen LogP) is 4.37. The quantitative estimate of drug-likeness (QED) is 0.517. The average Bonchev–Trinajstić information content (AvgIpc) is 2.36. The molecule has 0 unspecified atom stereocenters. The maximum absolute atomic E-state index is 4.06. The summed E-state index contributed by atoms with van der Waals surface area (Å²) in [5, 5.41) is 5.27. The van der Waals surface area contributed by atoms with Crippen molar-refractivity contribution in [2.24, 2.45) is 0 Å². The second-order valence-corrected chi connectivity index (χ2v) is 4.05. The Kier molecular flexibility index (Phi) is 2.14. The van der Waals surface area contributed by atoms with Crippen LogP contribution >= 0.6 is 0 Å². The highest BCUT2D eigenvalue weighted by atomic mass is 14.1. The standard InChI is InChI=1S/C16H13/c1-2-14-15-9-5-3-7-12(15)11-13-8-4-6-10-16(13)14/h3-11H,1-2H2. The molecule has 0 atom stereocenters. The van der Waals surface area contributed by atoms with E-state index in [1.54, 1.807) is 0 Å². The first-order valence-electron chi connectivity index (χ1n) is 5.59. The van der Waals surface area contributed by atoms with Crippen LogP contribution in [0.4, 0.5) is 0 Å². The van der Waals surface area contributed by atoms with Crippen LogP contribution in [0.25, 0.3) is 21.5 Å². The highest BCUT2D eigenvalue weighted by molar-refractivity contribution is 6.02. The van der Waals surface area contributed by atoms with E-state index in [2.05, 4.69) is 61.5 Å². The van der Waals surface area contributed by atoms with Gasteiger partial charge in [-0.15, -0.1) is 0 Å². The van der Waals surface area contributed by atoms with Crippen LogP contribution in [0, 0.1) is 6.92 Å². The molecule has 0 bridgehead atoms. The van der Waals surface area contributed by atoms with E-state index in [-0.39, 0.29) is 0 Å². The van der Waals surface area contributed by atoms with Gasteiger partial charge in [-0.05, 0) is 46.5 Å². The van der Waals surface area contributed by atoms with E-state index in [1.165, 1.54) is 27.1 Å². The van der Waals surface area contributed by atoms with Crippen LogP contribution in [0.15, 0.2) is 54.6 Å². The van der Waals surface area contributed by atoms with Crippen LogP contribution in [0.2, 0.25) is 0 Å². The Balaban J connectivity index is 2.56. The SMILES string of the molecule is [CH2]Cc1c2ccccc2cc2ccccc12. The molecule has 0 nitrogen and oxygen atoms in total. The van der Waals surface area contributed by atoms with Gasteiger partial charge >= 0.3 is 0 Å². The van der Waals surface area contributed by atoms with Gasteiger partial charge in [-0.3, -0.25) is 0 Å². The first-order valence-corrected chi connectivity index (χ1v) is 5.59. The van der Waals surface area contributed by atoms with Gasteiger partial charge in [0.15, 0.2) is 0 Å². The molecule has 0 fully saturated rings. The number of hydrogen-bond donors (Lipinski definition) is 0. The molecule has 0 aliphatic rings. The summed E-state index contributed by atoms with van der Waals surface area (Å²) in [6.07, 6.45) is 0.835. The Morgan fingerprint density at radius 1 is 0.750 bits per heavy atom. The van der Waals surface area contributed by atoms with E-state index in [0.717, 1.165) is 6.42 Å². The highest BCUT2D eigenvalue weighted by Gasteiger charge is 2.04. The highest BCUT2D eigenvalue weighted by Crippen LogP contribution is 2.28. The number of benzene rings is 3. The summed E-state index contributed by atoms with van der Waals surface area (Å²) in [6.45, 7) is 4.06. The van der Waals surface area contributed by atoms with Crippen molar-refractivity contribution in [3.63, 3.8) is 0 Å². The Bertz CT molecular complexity index is 596. The molecule has 3 aromatic carbocycles. The van der Waals surface area contributed by atoms with E-state index >= 15 is 0 Å². The van der Waals surface area contributed by atoms with E-state index in [0.29, 0.717) is 0 Å². The van der Waals surface area contributed by atoms with Crippen LogP contribution in [0.1, 0.15) is 5.56 Å². The molecule has 0 spiro atoms. The van der Waals surface area contributed by atoms with Crippen molar-refractivity contribution >= 4 is 21.5 Å². The molecule has 3 rings (SSSR count). The van der Waals surface area contributed by atoms with E-state index in [4.69, 9.17) is 0 Å². The van der Waals surface area contributed by atoms with Gasteiger partial charge in [-0.2, -0.15) is 0 Å². The third-order valence-electron chi connectivity index (χ3n) is 3.13. The van der Waals surface area contributed by atoms with Crippen molar-refractivity contribution in [1.29, 1.82) is 0 Å². The minimum absolute atomic E-state index is 0.835. The second kappa shape index (κ2) is 3.64. The van der Waals surface area contributed by atoms with Crippen molar-refractivity contribution in [2.75, 3.05) is 0 Å². The number of hydrogen-bond acceptors (Lipinski definition) is 0. The van der Waals surface area contributed by atoms with Gasteiger partial charge in [-0.1, -0.05) is 48.5 Å². The smallest absolute Gasteiger partial charge is 0.0146 e. The molecule has 0 saturated heterocycles. The lowest BCUT2D eigenvalue weighted by Crippen LogP contribution is -1.87. The first-order chi connectivity index (χ1) is 7.90. The van der Waals surface area contributed by atoms with E-state index in [9.17, 15) is 0 Å². The molecular weight excluding hydrogens is 192 g/mol. The normalized spacial score (nSPS) is 11.1. The van der Waals surface area contributed by atoms with Crippen molar-refractivity contribution in [3.05, 3.63) is 67.1 Å². The van der Waals surface area contributed by atoms with E-state index in [1.807, 2.05) is 0 Å². The van der Waals surface area contributed by atoms with Gasteiger partial charge in [0, 0.05) is 0 Å². The molecule has 0 aliphatic carbocycles. The molecule has 0 saturated carbocycles. The molecule has 0 heterocycles. The number of rotatable bonds is 1. The lowest BCUT2D eigenvalue weighted by atomic mass is 9.95. The third-order valence-corrected chi connectivity index (χ3v) is 3.13. The first kappa shape index (κ1) is 9.41. The molecule has 0 heteroatoms. The zero-order chi connectivity index (χ0) is 11.0. The lowest BCUT2D eigenvalue weighted by Gasteiger charge is -2.09. The van der Waals surface area contributed by atoms with Crippen LogP contribution < -0.4 is 0 Å². The Labute approximate surface area is 95.5 Å². The third kappa shape index (κ3) is 1.30. The van der Waals surface area contributed by atoms with Crippen LogP contribution in [0.5, 0.6) is 0 Å². The van der Waals surface area contributed by atoms with Crippen LogP contribution in [0.3, 0.4) is 0 Å². The van der Waals surface area contributed by atoms with Crippen molar-refractivity contribution in [1.82, 2.24) is 0 Å². The van der Waals surface area contributed by atoms with Crippen molar-refractivity contribution in [3.8, 4) is 0 Å². The van der Waals surface area contributed by atoms with Crippen molar-refractivity contribution in [2.45, 2.75) is 6.42 Å². The monoisotopic (exact) mass is 205 g/mol.